The first-order valence-corrected chi connectivity index (χ1v) is 4.86. The van der Waals surface area contributed by atoms with Gasteiger partial charge >= 0.3 is 0 Å². The van der Waals surface area contributed by atoms with Crippen molar-refractivity contribution >= 4 is 34.2 Å². The van der Waals surface area contributed by atoms with Gasteiger partial charge in [0.25, 0.3) is 0 Å². The van der Waals surface area contributed by atoms with E-state index in [0.717, 1.165) is 22.5 Å². The summed E-state index contributed by atoms with van der Waals surface area (Å²) in [6, 6.07) is 8.10. The monoisotopic (exact) mass is 231 g/mol. The lowest BCUT2D eigenvalue weighted by Gasteiger charge is -2.02. The molecule has 0 saturated heterocycles. The molecule has 0 saturated carbocycles. The first kappa shape index (κ1) is 8.94. The molecule has 0 unspecified atom stereocenters. The molecule has 60 valence electrons. The summed E-state index contributed by atoms with van der Waals surface area (Å²) in [5, 5.41) is 3.22. The lowest BCUT2D eigenvalue weighted by molar-refractivity contribution is 1.23. The molecule has 1 N–H and O–H groups in total. The Bertz CT molecular complexity index is 210. The molecular formula is C8H10BrNS. The lowest BCUT2D eigenvalue weighted by atomic mass is 10.3. The van der Waals surface area contributed by atoms with E-state index in [9.17, 15) is 0 Å². The molecule has 0 fully saturated rings. The number of thiol groups is 1. The average Bonchev–Trinajstić information content (AvgIpc) is 2.04. The fourth-order valence-electron chi connectivity index (χ4n) is 0.768. The fourth-order valence-corrected chi connectivity index (χ4v) is 1.14. The third-order valence-corrected chi connectivity index (χ3v) is 2.04. The van der Waals surface area contributed by atoms with Gasteiger partial charge in [-0.3, -0.25) is 0 Å². The number of hydrogen-bond donors (Lipinski definition) is 2. The van der Waals surface area contributed by atoms with E-state index in [0.29, 0.717) is 0 Å². The Balaban J connectivity index is 2.52. The summed E-state index contributed by atoms with van der Waals surface area (Å²) in [5.74, 6) is 0.857. The molecule has 1 aromatic carbocycles. The summed E-state index contributed by atoms with van der Waals surface area (Å²) in [5.41, 5.74) is 1.14. The second-order valence-corrected chi connectivity index (χ2v) is 3.52. The number of rotatable bonds is 3. The van der Waals surface area contributed by atoms with Crippen molar-refractivity contribution in [3.63, 3.8) is 0 Å². The highest BCUT2D eigenvalue weighted by Gasteiger charge is 1.88. The van der Waals surface area contributed by atoms with Crippen molar-refractivity contribution in [1.29, 1.82) is 0 Å². The summed E-state index contributed by atoms with van der Waals surface area (Å²) < 4.78 is 1.11. The Labute approximate surface area is 80.7 Å². The molecule has 11 heavy (non-hydrogen) atoms. The minimum absolute atomic E-state index is 0.857. The van der Waals surface area contributed by atoms with Crippen molar-refractivity contribution in [1.82, 2.24) is 0 Å². The smallest absolute Gasteiger partial charge is 0.0341 e. The molecule has 0 aromatic heterocycles. The molecule has 1 rings (SSSR count). The molecule has 0 aliphatic carbocycles. The van der Waals surface area contributed by atoms with Gasteiger partial charge in [-0.2, -0.15) is 12.6 Å². The zero-order valence-corrected chi connectivity index (χ0v) is 8.53. The quantitative estimate of drug-likeness (QED) is 0.763. The highest BCUT2D eigenvalue weighted by Crippen LogP contribution is 2.13. The van der Waals surface area contributed by atoms with Crippen LogP contribution in [0, 0.1) is 0 Å². The zero-order chi connectivity index (χ0) is 8.10. The highest BCUT2D eigenvalue weighted by atomic mass is 79.9. The molecule has 1 aromatic rings. The Morgan fingerprint density at radius 3 is 2.45 bits per heavy atom. The van der Waals surface area contributed by atoms with E-state index in [1.54, 1.807) is 0 Å². The molecular weight excluding hydrogens is 222 g/mol. The summed E-state index contributed by atoms with van der Waals surface area (Å²) in [7, 11) is 0. The number of nitrogens with one attached hydrogen (secondary N) is 1. The summed E-state index contributed by atoms with van der Waals surface area (Å²) in [6.45, 7) is 0.907. The lowest BCUT2D eigenvalue weighted by Crippen LogP contribution is -2.01. The van der Waals surface area contributed by atoms with Crippen molar-refractivity contribution in [3.8, 4) is 0 Å². The average molecular weight is 232 g/mol. The first-order valence-electron chi connectivity index (χ1n) is 3.43. The second kappa shape index (κ2) is 4.67. The van der Waals surface area contributed by atoms with E-state index in [-0.39, 0.29) is 0 Å². The van der Waals surface area contributed by atoms with Crippen molar-refractivity contribution in [2.24, 2.45) is 0 Å². The van der Waals surface area contributed by atoms with Crippen LogP contribution < -0.4 is 5.32 Å². The first-order chi connectivity index (χ1) is 5.33. The highest BCUT2D eigenvalue weighted by molar-refractivity contribution is 9.10. The van der Waals surface area contributed by atoms with Crippen LogP contribution in [0.4, 0.5) is 5.69 Å². The van der Waals surface area contributed by atoms with Gasteiger partial charge in [-0.05, 0) is 24.3 Å². The van der Waals surface area contributed by atoms with Crippen LogP contribution >= 0.6 is 28.6 Å². The van der Waals surface area contributed by atoms with Gasteiger partial charge in [0.2, 0.25) is 0 Å². The van der Waals surface area contributed by atoms with E-state index < -0.39 is 0 Å². The minimum Gasteiger partial charge on any atom is -0.384 e. The van der Waals surface area contributed by atoms with Crippen LogP contribution in [0.1, 0.15) is 0 Å². The van der Waals surface area contributed by atoms with E-state index >= 15 is 0 Å². The van der Waals surface area contributed by atoms with Gasteiger partial charge in [0, 0.05) is 22.5 Å². The maximum Gasteiger partial charge on any atom is 0.0341 e. The summed E-state index contributed by atoms with van der Waals surface area (Å²) >= 11 is 7.47. The topological polar surface area (TPSA) is 12.0 Å². The van der Waals surface area contributed by atoms with Crippen molar-refractivity contribution in [3.05, 3.63) is 28.7 Å². The van der Waals surface area contributed by atoms with Crippen LogP contribution in [0.5, 0.6) is 0 Å². The molecule has 0 heterocycles. The largest absolute Gasteiger partial charge is 0.384 e. The van der Waals surface area contributed by atoms with Crippen LogP contribution in [-0.4, -0.2) is 12.3 Å². The van der Waals surface area contributed by atoms with E-state index in [1.807, 2.05) is 24.3 Å². The minimum atomic E-state index is 0.857. The maximum atomic E-state index is 4.10. The van der Waals surface area contributed by atoms with Gasteiger partial charge in [-0.1, -0.05) is 15.9 Å². The number of anilines is 1. The second-order valence-electron chi connectivity index (χ2n) is 2.16. The predicted octanol–water partition coefficient (Wildman–Crippen LogP) is 2.79. The van der Waals surface area contributed by atoms with Crippen LogP contribution in [0.15, 0.2) is 28.7 Å². The molecule has 0 atom stereocenters. The van der Waals surface area contributed by atoms with Gasteiger partial charge in [-0.15, -0.1) is 0 Å². The Morgan fingerprint density at radius 2 is 1.91 bits per heavy atom. The Kier molecular flexibility index (Phi) is 3.80. The number of halogens is 1. The van der Waals surface area contributed by atoms with Gasteiger partial charge in [-0.25, -0.2) is 0 Å². The van der Waals surface area contributed by atoms with Crippen LogP contribution in [0.2, 0.25) is 0 Å². The van der Waals surface area contributed by atoms with Crippen LogP contribution in [-0.2, 0) is 0 Å². The van der Waals surface area contributed by atoms with Gasteiger partial charge in [0.05, 0.1) is 0 Å². The Morgan fingerprint density at radius 1 is 1.27 bits per heavy atom. The van der Waals surface area contributed by atoms with Gasteiger partial charge < -0.3 is 5.32 Å². The van der Waals surface area contributed by atoms with Gasteiger partial charge in [0.15, 0.2) is 0 Å². The molecule has 0 aliphatic rings. The normalized spacial score (nSPS) is 9.64. The third kappa shape index (κ3) is 3.16. The maximum absolute atomic E-state index is 4.10. The van der Waals surface area contributed by atoms with Crippen LogP contribution in [0.25, 0.3) is 0 Å². The predicted molar refractivity (Wildman–Crippen MR) is 56.5 cm³/mol. The Hall–Kier alpha value is -0.150. The molecule has 0 amide bonds. The molecule has 0 bridgehead atoms. The van der Waals surface area contributed by atoms with Crippen LogP contribution in [0.3, 0.4) is 0 Å². The van der Waals surface area contributed by atoms with Crippen molar-refractivity contribution in [2.45, 2.75) is 0 Å². The van der Waals surface area contributed by atoms with E-state index in [4.69, 9.17) is 0 Å². The standard InChI is InChI=1S/C8H10BrNS/c9-7-1-3-8(4-2-7)10-5-6-11/h1-4,10-11H,5-6H2. The third-order valence-electron chi connectivity index (χ3n) is 1.29. The summed E-state index contributed by atoms with van der Waals surface area (Å²) in [6.07, 6.45) is 0. The fraction of sp³-hybridized carbons (Fsp3) is 0.250. The molecule has 3 heteroatoms. The van der Waals surface area contributed by atoms with Crippen molar-refractivity contribution < 1.29 is 0 Å². The van der Waals surface area contributed by atoms with E-state index in [2.05, 4.69) is 33.9 Å². The molecule has 1 nitrogen and oxygen atoms in total. The van der Waals surface area contributed by atoms with Gasteiger partial charge in [0.1, 0.15) is 0 Å². The number of hydrogen-bond acceptors (Lipinski definition) is 2. The molecule has 0 aliphatic heterocycles. The SMILES string of the molecule is SCCNc1ccc(Br)cc1. The molecule has 0 spiro atoms. The molecule has 0 radical (unpaired) electrons. The summed E-state index contributed by atoms with van der Waals surface area (Å²) in [4.78, 5) is 0. The van der Waals surface area contributed by atoms with E-state index in [1.165, 1.54) is 0 Å². The van der Waals surface area contributed by atoms with Crippen molar-refractivity contribution in [2.75, 3.05) is 17.6 Å². The zero-order valence-electron chi connectivity index (χ0n) is 6.05. The number of benzene rings is 1.